The van der Waals surface area contributed by atoms with Gasteiger partial charge in [-0.05, 0) is 30.4 Å². The number of fused-ring (bicyclic) bond motifs is 1. The van der Waals surface area contributed by atoms with Crippen LogP contribution in [0, 0.1) is 0 Å². The van der Waals surface area contributed by atoms with Crippen molar-refractivity contribution in [2.24, 2.45) is 0 Å². The summed E-state index contributed by atoms with van der Waals surface area (Å²) < 4.78 is 0. The molecule has 0 saturated carbocycles. The normalized spacial score (nSPS) is 20.5. The van der Waals surface area contributed by atoms with E-state index in [0.29, 0.717) is 12.1 Å². The van der Waals surface area contributed by atoms with Crippen LogP contribution in [0.25, 0.3) is 0 Å². The zero-order valence-electron chi connectivity index (χ0n) is 12.7. The molecule has 1 atom stereocenters. The fourth-order valence-corrected chi connectivity index (χ4v) is 3.06. The van der Waals surface area contributed by atoms with Gasteiger partial charge in [0.1, 0.15) is 17.1 Å². The van der Waals surface area contributed by atoms with Crippen molar-refractivity contribution in [2.75, 3.05) is 6.54 Å². The molecule has 1 heterocycles. The Kier molecular flexibility index (Phi) is 3.98. The van der Waals surface area contributed by atoms with E-state index in [9.17, 15) is 9.90 Å². The molecule has 0 saturated heterocycles. The van der Waals surface area contributed by atoms with Gasteiger partial charge >= 0.3 is 0 Å². The van der Waals surface area contributed by atoms with E-state index in [1.54, 1.807) is 0 Å². The Morgan fingerprint density at radius 1 is 1.45 bits per heavy atom. The first-order valence-corrected chi connectivity index (χ1v) is 7.75. The Morgan fingerprint density at radius 3 is 3.05 bits per heavy atom. The van der Waals surface area contributed by atoms with Crippen LogP contribution in [0.15, 0.2) is 30.5 Å². The van der Waals surface area contributed by atoms with Crippen molar-refractivity contribution in [2.45, 2.75) is 38.2 Å². The summed E-state index contributed by atoms with van der Waals surface area (Å²) in [6.07, 6.45) is 4.85. The summed E-state index contributed by atoms with van der Waals surface area (Å²) in [4.78, 5) is 19.3. The van der Waals surface area contributed by atoms with Crippen molar-refractivity contribution in [3.8, 4) is 0 Å². The van der Waals surface area contributed by atoms with Gasteiger partial charge < -0.3 is 15.4 Å². The maximum Gasteiger partial charge on any atom is 0.269 e. The average Bonchev–Trinajstić information content (AvgIpc) is 3.02. The number of aromatic nitrogens is 2. The molecule has 3 rings (SSSR count). The molecule has 0 spiro atoms. The van der Waals surface area contributed by atoms with Crippen LogP contribution in [-0.2, 0) is 18.4 Å². The summed E-state index contributed by atoms with van der Waals surface area (Å²) in [7, 11) is 0. The van der Waals surface area contributed by atoms with Gasteiger partial charge in [-0.15, -0.1) is 0 Å². The number of aliphatic hydroxyl groups is 1. The molecule has 3 N–H and O–H groups in total. The van der Waals surface area contributed by atoms with Crippen molar-refractivity contribution in [1.29, 1.82) is 0 Å². The van der Waals surface area contributed by atoms with Gasteiger partial charge in [-0.2, -0.15) is 0 Å². The maximum atomic E-state index is 12.2. The van der Waals surface area contributed by atoms with Crippen LogP contribution in [0.5, 0.6) is 0 Å². The average molecular weight is 299 g/mol. The van der Waals surface area contributed by atoms with E-state index >= 15 is 0 Å². The molecule has 0 aliphatic heterocycles. The van der Waals surface area contributed by atoms with E-state index in [0.717, 1.165) is 30.7 Å². The monoisotopic (exact) mass is 299 g/mol. The van der Waals surface area contributed by atoms with Gasteiger partial charge in [0.15, 0.2) is 0 Å². The molecule has 0 fully saturated rings. The lowest BCUT2D eigenvalue weighted by atomic mass is 9.79. The molecule has 1 amide bonds. The number of H-pyrrole nitrogens is 1. The lowest BCUT2D eigenvalue weighted by Crippen LogP contribution is -2.43. The summed E-state index contributed by atoms with van der Waals surface area (Å²) >= 11 is 0. The molecule has 0 bridgehead atoms. The van der Waals surface area contributed by atoms with Crippen LogP contribution < -0.4 is 5.32 Å². The van der Waals surface area contributed by atoms with Gasteiger partial charge in [-0.25, -0.2) is 4.98 Å². The van der Waals surface area contributed by atoms with E-state index in [2.05, 4.69) is 15.3 Å². The molecule has 1 aromatic carbocycles. The van der Waals surface area contributed by atoms with Crippen LogP contribution in [0.3, 0.4) is 0 Å². The third-order valence-electron chi connectivity index (χ3n) is 4.30. The molecular weight excluding hydrogens is 278 g/mol. The standard InChI is InChI=1S/C17H21N3O2/c1-2-15-18-10-14(20-15)16(21)19-11-17(22)9-5-7-12-6-3-4-8-13(12)17/h3-4,6,8,10,22H,2,5,7,9,11H2,1H3,(H,18,20)(H,19,21). The second kappa shape index (κ2) is 5.93. The third-order valence-corrected chi connectivity index (χ3v) is 4.30. The number of carbonyl (C=O) groups is 1. The highest BCUT2D eigenvalue weighted by molar-refractivity contribution is 5.92. The molecule has 22 heavy (non-hydrogen) atoms. The van der Waals surface area contributed by atoms with Crippen molar-refractivity contribution >= 4 is 5.91 Å². The number of amides is 1. The zero-order valence-corrected chi connectivity index (χ0v) is 12.7. The van der Waals surface area contributed by atoms with Gasteiger partial charge in [0.25, 0.3) is 5.91 Å². The smallest absolute Gasteiger partial charge is 0.269 e. The summed E-state index contributed by atoms with van der Waals surface area (Å²) in [5.74, 6) is 0.551. The Hall–Kier alpha value is -2.14. The zero-order chi connectivity index (χ0) is 15.6. The number of rotatable bonds is 4. The highest BCUT2D eigenvalue weighted by Crippen LogP contribution is 2.34. The van der Waals surface area contributed by atoms with E-state index in [1.807, 2.05) is 31.2 Å². The van der Waals surface area contributed by atoms with E-state index in [1.165, 1.54) is 11.8 Å². The fourth-order valence-electron chi connectivity index (χ4n) is 3.06. The molecule has 116 valence electrons. The molecular formula is C17H21N3O2. The molecule has 5 nitrogen and oxygen atoms in total. The van der Waals surface area contributed by atoms with Crippen LogP contribution >= 0.6 is 0 Å². The van der Waals surface area contributed by atoms with Crippen LogP contribution in [0.2, 0.25) is 0 Å². The summed E-state index contributed by atoms with van der Waals surface area (Å²) in [5, 5.41) is 13.8. The van der Waals surface area contributed by atoms with E-state index in [4.69, 9.17) is 0 Å². The summed E-state index contributed by atoms with van der Waals surface area (Å²) in [6, 6.07) is 7.91. The SMILES string of the molecule is CCc1ncc(C(=O)NCC2(O)CCCc3ccccc32)[nH]1. The predicted octanol–water partition coefficient (Wildman–Crippen LogP) is 1.93. The summed E-state index contributed by atoms with van der Waals surface area (Å²) in [6.45, 7) is 2.19. The first kappa shape index (κ1) is 14.8. The Balaban J connectivity index is 1.72. The molecule has 1 aliphatic carbocycles. The molecule has 5 heteroatoms. The van der Waals surface area contributed by atoms with Crippen molar-refractivity contribution in [3.05, 3.63) is 53.1 Å². The minimum Gasteiger partial charge on any atom is -0.383 e. The lowest BCUT2D eigenvalue weighted by molar-refractivity contribution is 0.0189. The largest absolute Gasteiger partial charge is 0.383 e. The molecule has 1 unspecified atom stereocenters. The number of nitrogens with one attached hydrogen (secondary N) is 2. The fraction of sp³-hybridized carbons (Fsp3) is 0.412. The van der Waals surface area contributed by atoms with Crippen molar-refractivity contribution in [3.63, 3.8) is 0 Å². The molecule has 1 aromatic heterocycles. The number of hydrogen-bond acceptors (Lipinski definition) is 3. The molecule has 0 radical (unpaired) electrons. The van der Waals surface area contributed by atoms with E-state index in [-0.39, 0.29) is 12.5 Å². The van der Waals surface area contributed by atoms with Gasteiger partial charge in [0.2, 0.25) is 0 Å². The van der Waals surface area contributed by atoms with Gasteiger partial charge in [0, 0.05) is 6.42 Å². The summed E-state index contributed by atoms with van der Waals surface area (Å²) in [5.41, 5.74) is 1.54. The third kappa shape index (κ3) is 2.76. The van der Waals surface area contributed by atoms with Gasteiger partial charge in [-0.1, -0.05) is 31.2 Å². The predicted molar refractivity (Wildman–Crippen MR) is 83.6 cm³/mol. The first-order chi connectivity index (χ1) is 10.6. The second-order valence-corrected chi connectivity index (χ2v) is 5.82. The van der Waals surface area contributed by atoms with Crippen LogP contribution in [-0.4, -0.2) is 27.5 Å². The molecule has 1 aliphatic rings. The number of carbonyl (C=O) groups excluding carboxylic acids is 1. The number of aryl methyl sites for hydroxylation is 2. The Bertz CT molecular complexity index is 680. The van der Waals surface area contributed by atoms with Gasteiger partial charge in [-0.3, -0.25) is 4.79 Å². The first-order valence-electron chi connectivity index (χ1n) is 7.75. The highest BCUT2D eigenvalue weighted by Gasteiger charge is 2.34. The Labute approximate surface area is 129 Å². The highest BCUT2D eigenvalue weighted by atomic mass is 16.3. The number of nitrogens with zero attached hydrogens (tertiary/aromatic N) is 1. The topological polar surface area (TPSA) is 78.0 Å². The minimum atomic E-state index is -0.988. The number of aromatic amines is 1. The lowest BCUT2D eigenvalue weighted by Gasteiger charge is -2.34. The van der Waals surface area contributed by atoms with Crippen molar-refractivity contribution in [1.82, 2.24) is 15.3 Å². The second-order valence-electron chi connectivity index (χ2n) is 5.82. The minimum absolute atomic E-state index is 0.212. The molecule has 2 aromatic rings. The number of imidazole rings is 1. The quantitative estimate of drug-likeness (QED) is 0.807. The van der Waals surface area contributed by atoms with Crippen molar-refractivity contribution < 1.29 is 9.90 Å². The van der Waals surface area contributed by atoms with Crippen LogP contribution in [0.1, 0.15) is 47.2 Å². The van der Waals surface area contributed by atoms with Crippen LogP contribution in [0.4, 0.5) is 0 Å². The number of hydrogen-bond donors (Lipinski definition) is 3. The van der Waals surface area contributed by atoms with E-state index < -0.39 is 5.60 Å². The Morgan fingerprint density at radius 2 is 2.27 bits per heavy atom. The maximum absolute atomic E-state index is 12.2. The number of benzene rings is 1. The van der Waals surface area contributed by atoms with Gasteiger partial charge in [0.05, 0.1) is 12.7 Å².